The highest BCUT2D eigenvalue weighted by Crippen LogP contribution is 2.22. The molecule has 18 heteroatoms. The zero-order valence-electron chi connectivity index (χ0n) is 36.4. The molecule has 324 valence electrons. The minimum absolute atomic E-state index is 0.418. The van der Waals surface area contributed by atoms with Crippen LogP contribution < -0.4 is 0 Å². The fraction of sp³-hybridized carbons (Fsp3) is 0.429. The van der Waals surface area contributed by atoms with Crippen LogP contribution in [0.15, 0.2) is 105 Å². The molecule has 0 aliphatic carbocycles. The van der Waals surface area contributed by atoms with Crippen LogP contribution >= 0.6 is 47.8 Å². The highest BCUT2D eigenvalue weighted by atomic mass is 79.9. The van der Waals surface area contributed by atoms with E-state index in [-0.39, 0.29) is 0 Å². The average molecular weight is 1060 g/mol. The van der Waals surface area contributed by atoms with E-state index >= 15 is 0 Å². The number of ether oxygens (including phenoxy) is 3. The Bertz CT molecular complexity index is 2030. The lowest BCUT2D eigenvalue weighted by atomic mass is 10.2. The third kappa shape index (κ3) is 19.4. The maximum absolute atomic E-state index is 5.73. The Morgan fingerprint density at radius 1 is 0.517 bits per heavy atom. The van der Waals surface area contributed by atoms with Crippen LogP contribution in [0, 0.1) is 0 Å². The van der Waals surface area contributed by atoms with E-state index in [1.54, 1.807) is 26.6 Å². The van der Waals surface area contributed by atoms with Crippen LogP contribution in [0.5, 0.6) is 0 Å². The minimum Gasteiger partial charge on any atom is -0.359 e. The first-order valence-electron chi connectivity index (χ1n) is 20.0. The molecule has 0 fully saturated rings. The fourth-order valence-electron chi connectivity index (χ4n) is 5.01. The molecule has 0 amide bonds. The summed E-state index contributed by atoms with van der Waals surface area (Å²) >= 11 is 10.3. The molecule has 0 unspecified atom stereocenters. The molecule has 12 nitrogen and oxygen atoms in total. The van der Waals surface area contributed by atoms with E-state index in [4.69, 9.17) is 14.2 Å². The number of hydrogen-bond donors (Lipinski definition) is 0. The first-order chi connectivity index (χ1) is 28.3. The molecule has 0 atom stereocenters. The summed E-state index contributed by atoms with van der Waals surface area (Å²) in [6.45, 7) is 24.8. The molecule has 60 heavy (non-hydrogen) atoms. The van der Waals surface area contributed by atoms with Crippen LogP contribution in [0.2, 0.25) is 77.1 Å². The molecule has 3 heterocycles. The lowest BCUT2D eigenvalue weighted by Crippen LogP contribution is -2.22. The van der Waals surface area contributed by atoms with Gasteiger partial charge in [-0.05, 0) is 54.5 Å². The average Bonchev–Trinajstić information content (AvgIpc) is 3.97. The van der Waals surface area contributed by atoms with Crippen LogP contribution in [0.4, 0.5) is 0 Å². The van der Waals surface area contributed by atoms with Crippen molar-refractivity contribution in [2.75, 3.05) is 19.8 Å². The highest BCUT2D eigenvalue weighted by molar-refractivity contribution is 9.11. The highest BCUT2D eigenvalue weighted by Gasteiger charge is 2.15. The SMILES string of the molecule is C[Si](C)(C)CCOCn1cc(-c2ccc(Br)cc2)nn1.C[Si](C)(C)CCOCn1ncc(-c2ccc(Br)cc2)n1.C[Si](C)(C)CCOCn1nncc1-c1ccc(Br)cc1. The van der Waals surface area contributed by atoms with E-state index in [2.05, 4.69) is 138 Å². The molecule has 0 saturated heterocycles. The second-order valence-electron chi connectivity index (χ2n) is 17.9. The molecule has 3 aromatic heterocycles. The summed E-state index contributed by atoms with van der Waals surface area (Å²) in [5, 5.41) is 25.0. The topological polar surface area (TPSA) is 120 Å². The maximum atomic E-state index is 5.73. The molecule has 0 aliphatic rings. The van der Waals surface area contributed by atoms with Crippen LogP contribution in [0.25, 0.3) is 33.8 Å². The van der Waals surface area contributed by atoms with Gasteiger partial charge in [-0.3, -0.25) is 0 Å². The first-order valence-corrected chi connectivity index (χ1v) is 33.5. The van der Waals surface area contributed by atoms with Gasteiger partial charge < -0.3 is 14.2 Å². The Morgan fingerprint density at radius 3 is 1.47 bits per heavy atom. The molecular formula is C42H60Br3N9O3Si3. The molecule has 0 bridgehead atoms. The monoisotopic (exact) mass is 1060 g/mol. The van der Waals surface area contributed by atoms with Crippen molar-refractivity contribution in [2.24, 2.45) is 0 Å². The Labute approximate surface area is 384 Å². The molecule has 0 aliphatic heterocycles. The Hall–Kier alpha value is -2.95. The van der Waals surface area contributed by atoms with Gasteiger partial charge in [0.2, 0.25) is 0 Å². The third-order valence-electron chi connectivity index (χ3n) is 8.75. The molecule has 0 spiro atoms. The first kappa shape index (κ1) is 49.7. The second kappa shape index (κ2) is 24.0. The molecule has 0 radical (unpaired) electrons. The smallest absolute Gasteiger partial charge is 0.158 e. The second-order valence-corrected chi connectivity index (χ2v) is 37.5. The van der Waals surface area contributed by atoms with Crippen LogP contribution in [-0.4, -0.2) is 89.0 Å². The maximum Gasteiger partial charge on any atom is 0.158 e. The summed E-state index contributed by atoms with van der Waals surface area (Å²) in [6.07, 6.45) is 5.45. The van der Waals surface area contributed by atoms with Gasteiger partial charge in [-0.25, -0.2) is 9.36 Å². The van der Waals surface area contributed by atoms with Gasteiger partial charge in [-0.15, -0.1) is 10.2 Å². The van der Waals surface area contributed by atoms with Crippen molar-refractivity contribution in [3.8, 4) is 33.8 Å². The van der Waals surface area contributed by atoms with Gasteiger partial charge in [0.15, 0.2) is 6.73 Å². The summed E-state index contributed by atoms with van der Waals surface area (Å²) in [5.41, 5.74) is 5.91. The van der Waals surface area contributed by atoms with E-state index in [9.17, 15) is 0 Å². The largest absolute Gasteiger partial charge is 0.359 e. The number of hydrogen-bond acceptors (Lipinski definition) is 9. The molecule has 0 N–H and O–H groups in total. The third-order valence-corrected chi connectivity index (χ3v) is 15.4. The summed E-state index contributed by atoms with van der Waals surface area (Å²) in [7, 11) is -3.09. The van der Waals surface area contributed by atoms with Gasteiger partial charge >= 0.3 is 0 Å². The summed E-state index contributed by atoms with van der Waals surface area (Å²) < 4.78 is 23.7. The molecule has 0 saturated carbocycles. The molecular weight excluding hydrogens is 1000 g/mol. The van der Waals surface area contributed by atoms with Gasteiger partial charge in [-0.1, -0.05) is 154 Å². The van der Waals surface area contributed by atoms with Gasteiger partial charge in [0.1, 0.15) is 24.8 Å². The van der Waals surface area contributed by atoms with E-state index in [0.29, 0.717) is 20.2 Å². The lowest BCUT2D eigenvalue weighted by molar-refractivity contribution is 0.0686. The fourth-order valence-corrected chi connectivity index (χ4v) is 8.08. The van der Waals surface area contributed by atoms with E-state index in [0.717, 1.165) is 79.1 Å². The van der Waals surface area contributed by atoms with E-state index in [1.165, 1.54) is 6.04 Å². The number of rotatable bonds is 18. The number of nitrogens with zero attached hydrogens (tertiary/aromatic N) is 9. The Morgan fingerprint density at radius 2 is 0.967 bits per heavy atom. The van der Waals surface area contributed by atoms with Crippen molar-refractivity contribution in [3.05, 3.63) is 105 Å². The van der Waals surface area contributed by atoms with Gasteiger partial charge in [0, 0.05) is 74.2 Å². The zero-order chi connectivity index (χ0) is 43.8. The number of halogens is 3. The van der Waals surface area contributed by atoms with Crippen molar-refractivity contribution in [1.29, 1.82) is 0 Å². The summed E-state index contributed by atoms with van der Waals surface area (Å²) in [5.74, 6) is 0. The van der Waals surface area contributed by atoms with Crippen molar-refractivity contribution >= 4 is 72.0 Å². The van der Waals surface area contributed by atoms with E-state index in [1.807, 2.05) is 79.0 Å². The summed E-state index contributed by atoms with van der Waals surface area (Å²) in [4.78, 5) is 1.60. The number of benzene rings is 3. The Balaban J connectivity index is 0.000000198. The predicted octanol–water partition coefficient (Wildman–Crippen LogP) is 12.1. The lowest BCUT2D eigenvalue weighted by Gasteiger charge is -2.15. The summed E-state index contributed by atoms with van der Waals surface area (Å²) in [6, 6.07) is 27.7. The molecule has 6 rings (SSSR count). The van der Waals surface area contributed by atoms with Gasteiger partial charge in [0.05, 0.1) is 24.3 Å². The van der Waals surface area contributed by atoms with Gasteiger partial charge in [-0.2, -0.15) is 15.0 Å². The van der Waals surface area contributed by atoms with Crippen molar-refractivity contribution in [3.63, 3.8) is 0 Å². The zero-order valence-corrected chi connectivity index (χ0v) is 44.2. The van der Waals surface area contributed by atoms with Crippen LogP contribution in [-0.2, 0) is 34.4 Å². The minimum atomic E-state index is -1.04. The molecule has 3 aromatic carbocycles. The number of aromatic nitrogens is 9. The van der Waals surface area contributed by atoms with Gasteiger partial charge in [0.25, 0.3) is 0 Å². The van der Waals surface area contributed by atoms with Crippen molar-refractivity contribution < 1.29 is 14.2 Å². The van der Waals surface area contributed by atoms with E-state index < -0.39 is 24.2 Å². The molecule has 6 aromatic rings. The predicted molar refractivity (Wildman–Crippen MR) is 262 cm³/mol. The van der Waals surface area contributed by atoms with Crippen molar-refractivity contribution in [2.45, 2.75) is 97.2 Å². The standard InChI is InChI=1S/3C14H20BrN3OSi/c1-20(2,3)9-8-19-11-18-10-14(16-17-18)12-4-6-13(15)7-5-12;1-20(2,3)9-8-19-11-18-14(10-16-17-18)12-4-6-13(15)7-5-12;1-20(2,3)9-8-19-11-18-16-10-14(17-18)12-4-6-13(15)7-5-12/h3*4-7,10H,8-9,11H2,1-3H3. The Kier molecular flexibility index (Phi) is 19.9. The van der Waals surface area contributed by atoms with Crippen LogP contribution in [0.3, 0.4) is 0 Å². The van der Waals surface area contributed by atoms with Crippen LogP contribution in [0.1, 0.15) is 0 Å². The normalized spacial score (nSPS) is 11.8. The van der Waals surface area contributed by atoms with Crippen molar-refractivity contribution in [1.82, 2.24) is 45.0 Å². The quantitative estimate of drug-likeness (QED) is 0.0612.